The zero-order valence-corrected chi connectivity index (χ0v) is 12.8. The highest BCUT2D eigenvalue weighted by Crippen LogP contribution is 2.19. The molecular weight excluding hydrogens is 276 g/mol. The van der Waals surface area contributed by atoms with Gasteiger partial charge in [0.05, 0.1) is 0 Å². The molecule has 0 aliphatic rings. The van der Waals surface area contributed by atoms with Crippen molar-refractivity contribution in [2.24, 2.45) is 5.41 Å². The number of aryl methyl sites for hydroxylation is 1. The van der Waals surface area contributed by atoms with Crippen LogP contribution < -0.4 is 11.2 Å². The molecule has 108 valence electrons. The molecule has 2 aromatic rings. The number of fused-ring (bicyclic) bond motifs is 1. The van der Waals surface area contributed by atoms with E-state index < -0.39 is 11.2 Å². The first-order valence-corrected chi connectivity index (χ1v) is 6.90. The van der Waals surface area contributed by atoms with Crippen molar-refractivity contribution in [1.82, 2.24) is 19.5 Å². The second-order valence-electron chi connectivity index (χ2n) is 5.95. The number of H-pyrrole nitrogens is 2. The minimum absolute atomic E-state index is 0.0253. The number of hydrogen-bond acceptors (Lipinski definition) is 4. The first kappa shape index (κ1) is 14.6. The molecule has 0 aromatic carbocycles. The quantitative estimate of drug-likeness (QED) is 0.827. The summed E-state index contributed by atoms with van der Waals surface area (Å²) in [6.45, 7) is 8.53. The van der Waals surface area contributed by atoms with E-state index in [2.05, 4.69) is 35.7 Å². The van der Waals surface area contributed by atoms with Gasteiger partial charge in [0.2, 0.25) is 0 Å². The lowest BCUT2D eigenvalue weighted by atomic mass is 9.92. The molecule has 0 fully saturated rings. The Bertz CT molecular complexity index is 823. The van der Waals surface area contributed by atoms with Crippen molar-refractivity contribution in [3.05, 3.63) is 31.3 Å². The maximum absolute atomic E-state index is 11.9. The van der Waals surface area contributed by atoms with Gasteiger partial charge in [-0.05, 0) is 12.3 Å². The van der Waals surface area contributed by atoms with Crippen LogP contribution >= 0.6 is 12.2 Å². The minimum Gasteiger partial charge on any atom is -0.329 e. The van der Waals surface area contributed by atoms with Gasteiger partial charge >= 0.3 is 5.69 Å². The Balaban J connectivity index is 2.85. The number of nitrogens with zero attached hydrogens (tertiary/aromatic N) is 2. The normalized spacial score (nSPS) is 12.0. The summed E-state index contributed by atoms with van der Waals surface area (Å²) < 4.78 is 1.68. The summed E-state index contributed by atoms with van der Waals surface area (Å²) >= 11 is 5.20. The monoisotopic (exact) mass is 294 g/mol. The highest BCUT2D eigenvalue weighted by molar-refractivity contribution is 7.71. The predicted octanol–water partition coefficient (Wildman–Crippen LogP) is 1.75. The largest absolute Gasteiger partial charge is 0.329 e. The molecule has 2 aromatic heterocycles. The zero-order chi connectivity index (χ0) is 15.1. The minimum atomic E-state index is -0.495. The van der Waals surface area contributed by atoms with Gasteiger partial charge in [-0.3, -0.25) is 14.3 Å². The molecule has 0 atom stereocenters. The highest BCUT2D eigenvalue weighted by Gasteiger charge is 2.16. The van der Waals surface area contributed by atoms with Crippen molar-refractivity contribution < 1.29 is 0 Å². The molecule has 0 aliphatic heterocycles. The molecule has 2 heterocycles. The standard InChI is InChI=1S/C13H18N4O2S/c1-5-17-9-8(10(18)16-12(17)19)11(20)15-7(14-9)6-13(2,3)4/h5-6H2,1-4H3,(H,14,15,20)(H,16,18,19). The van der Waals surface area contributed by atoms with Crippen molar-refractivity contribution in [3.8, 4) is 0 Å². The van der Waals surface area contributed by atoms with Crippen LogP contribution in [0, 0.1) is 10.1 Å². The van der Waals surface area contributed by atoms with Crippen LogP contribution in [0.25, 0.3) is 11.0 Å². The van der Waals surface area contributed by atoms with Gasteiger partial charge in [-0.25, -0.2) is 9.78 Å². The Morgan fingerprint density at radius 1 is 1.25 bits per heavy atom. The van der Waals surface area contributed by atoms with E-state index in [1.807, 2.05) is 6.92 Å². The van der Waals surface area contributed by atoms with Crippen molar-refractivity contribution in [1.29, 1.82) is 0 Å². The smallest absolute Gasteiger partial charge is 0.329 e. The Kier molecular flexibility index (Phi) is 3.64. The fraction of sp³-hybridized carbons (Fsp3) is 0.538. The van der Waals surface area contributed by atoms with Crippen LogP contribution in [0.2, 0.25) is 0 Å². The molecule has 0 bridgehead atoms. The summed E-state index contributed by atoms with van der Waals surface area (Å²) in [5.74, 6) is 0.683. The molecule has 0 saturated heterocycles. The molecule has 20 heavy (non-hydrogen) atoms. The highest BCUT2D eigenvalue weighted by atomic mass is 32.1. The third-order valence-electron chi connectivity index (χ3n) is 2.93. The average Bonchev–Trinajstić information content (AvgIpc) is 2.25. The fourth-order valence-corrected chi connectivity index (χ4v) is 2.43. The summed E-state index contributed by atoms with van der Waals surface area (Å²) in [7, 11) is 0. The van der Waals surface area contributed by atoms with Crippen molar-refractivity contribution in [2.45, 2.75) is 40.7 Å². The average molecular weight is 294 g/mol. The van der Waals surface area contributed by atoms with Crippen LogP contribution in [0.5, 0.6) is 0 Å². The molecule has 7 heteroatoms. The molecule has 0 amide bonds. The van der Waals surface area contributed by atoms with Gasteiger partial charge in [0.15, 0.2) is 0 Å². The van der Waals surface area contributed by atoms with Crippen molar-refractivity contribution >= 4 is 23.3 Å². The third-order valence-corrected chi connectivity index (χ3v) is 3.22. The molecule has 0 unspecified atom stereocenters. The summed E-state index contributed by atoms with van der Waals surface area (Å²) in [6, 6.07) is 0. The van der Waals surface area contributed by atoms with E-state index in [1.165, 1.54) is 4.57 Å². The van der Waals surface area contributed by atoms with Gasteiger partial charge < -0.3 is 4.98 Å². The van der Waals surface area contributed by atoms with E-state index >= 15 is 0 Å². The lowest BCUT2D eigenvalue weighted by Crippen LogP contribution is -2.31. The van der Waals surface area contributed by atoms with E-state index in [4.69, 9.17) is 12.2 Å². The zero-order valence-electron chi connectivity index (χ0n) is 12.0. The topological polar surface area (TPSA) is 83.5 Å². The Labute approximate surface area is 120 Å². The second kappa shape index (κ2) is 4.97. The molecule has 6 nitrogen and oxygen atoms in total. The molecule has 0 aliphatic carbocycles. The van der Waals surface area contributed by atoms with Gasteiger partial charge in [0.25, 0.3) is 5.56 Å². The van der Waals surface area contributed by atoms with E-state index in [9.17, 15) is 9.59 Å². The molecular formula is C13H18N4O2S. The molecule has 0 spiro atoms. The summed E-state index contributed by atoms with van der Waals surface area (Å²) in [4.78, 5) is 33.3. The van der Waals surface area contributed by atoms with Crippen LogP contribution in [0.15, 0.2) is 9.59 Å². The molecule has 2 N–H and O–H groups in total. The van der Waals surface area contributed by atoms with Gasteiger partial charge in [-0.15, -0.1) is 0 Å². The SMILES string of the molecule is CCn1c(=O)[nH]c(=O)c2c(=S)nc(CC(C)(C)C)[nH]c21. The Hall–Kier alpha value is -1.76. The molecule has 2 rings (SSSR count). The number of aromatic nitrogens is 4. The number of hydrogen-bond donors (Lipinski definition) is 2. The maximum atomic E-state index is 11.9. The molecule has 0 radical (unpaired) electrons. The van der Waals surface area contributed by atoms with Gasteiger partial charge in [0, 0.05) is 13.0 Å². The Morgan fingerprint density at radius 2 is 1.90 bits per heavy atom. The van der Waals surface area contributed by atoms with E-state index in [-0.39, 0.29) is 15.4 Å². The number of nitrogens with one attached hydrogen (secondary N) is 2. The van der Waals surface area contributed by atoms with Gasteiger partial charge in [-0.2, -0.15) is 0 Å². The number of rotatable bonds is 2. The van der Waals surface area contributed by atoms with E-state index in [0.29, 0.717) is 24.4 Å². The number of aromatic amines is 2. The second-order valence-corrected chi connectivity index (χ2v) is 6.34. The van der Waals surface area contributed by atoms with Crippen LogP contribution in [-0.4, -0.2) is 19.5 Å². The Morgan fingerprint density at radius 3 is 2.45 bits per heavy atom. The maximum Gasteiger partial charge on any atom is 0.329 e. The van der Waals surface area contributed by atoms with Crippen molar-refractivity contribution in [3.63, 3.8) is 0 Å². The van der Waals surface area contributed by atoms with Crippen LogP contribution in [0.4, 0.5) is 0 Å². The first-order chi connectivity index (χ1) is 9.23. The summed E-state index contributed by atoms with van der Waals surface area (Å²) in [5, 5.41) is 0.263. The van der Waals surface area contributed by atoms with Gasteiger partial charge in [0.1, 0.15) is 21.5 Å². The van der Waals surface area contributed by atoms with E-state index in [0.717, 1.165) is 0 Å². The lowest BCUT2D eigenvalue weighted by molar-refractivity contribution is 0.400. The van der Waals surface area contributed by atoms with Crippen LogP contribution in [-0.2, 0) is 13.0 Å². The van der Waals surface area contributed by atoms with E-state index in [1.54, 1.807) is 0 Å². The third kappa shape index (κ3) is 2.72. The fourth-order valence-electron chi connectivity index (χ4n) is 2.13. The summed E-state index contributed by atoms with van der Waals surface area (Å²) in [5.41, 5.74) is -0.466. The van der Waals surface area contributed by atoms with Crippen molar-refractivity contribution in [2.75, 3.05) is 0 Å². The first-order valence-electron chi connectivity index (χ1n) is 6.49. The predicted molar refractivity (Wildman–Crippen MR) is 80.6 cm³/mol. The van der Waals surface area contributed by atoms with Crippen LogP contribution in [0.3, 0.4) is 0 Å². The lowest BCUT2D eigenvalue weighted by Gasteiger charge is -2.18. The summed E-state index contributed by atoms with van der Waals surface area (Å²) in [6.07, 6.45) is 0.678. The van der Waals surface area contributed by atoms with Gasteiger partial charge in [-0.1, -0.05) is 33.0 Å². The van der Waals surface area contributed by atoms with Crippen LogP contribution in [0.1, 0.15) is 33.5 Å². The molecule has 0 saturated carbocycles.